The quantitative estimate of drug-likeness (QED) is 0.279. The molecule has 0 aliphatic carbocycles. The van der Waals surface area contributed by atoms with Gasteiger partial charge in [-0.2, -0.15) is 0 Å². The van der Waals surface area contributed by atoms with Gasteiger partial charge in [0.05, 0.1) is 0 Å². The normalized spacial score (nSPS) is 1.41. The summed E-state index contributed by atoms with van der Waals surface area (Å²) >= 11 is 0. The van der Waals surface area contributed by atoms with Crippen molar-refractivity contribution >= 4 is 0 Å². The molecule has 0 heterocycles. The molecule has 0 atom stereocenters. The average molecular weight is 287 g/mol. The van der Waals surface area contributed by atoms with Crippen molar-refractivity contribution in [3.05, 3.63) is 10.1 Å². The van der Waals surface area contributed by atoms with Crippen LogP contribution in [0.5, 0.6) is 0 Å². The Bertz CT molecular complexity index is 140. The van der Waals surface area contributed by atoms with Gasteiger partial charge in [0.25, 0.3) is 0 Å². The first-order valence-electron chi connectivity index (χ1n) is 1.91. The standard InChI is InChI=1S/6CHN.Fe.HNO2.Na/c6*1-2;;2-1-3;/h6*1H;;(H,2,3);/q;;;;;;;;+1/p-1. The Morgan fingerprint density at radius 2 is 0.647 bits per heavy atom. The van der Waals surface area contributed by atoms with E-state index in [9.17, 15) is 0 Å². The maximum absolute atomic E-state index is 8.00. The predicted octanol–water partition coefficient (Wildman–Crippen LogP) is -1.91. The maximum atomic E-state index is 8.00. The summed E-state index contributed by atoms with van der Waals surface area (Å²) in [7, 11) is 0. The SMILES string of the molecule is C#N.C#N.C#N.C#N.C#N.C#N.O=N[O-].[Fe].[Na+]. The van der Waals surface area contributed by atoms with Crippen molar-refractivity contribution in [1.82, 2.24) is 0 Å². The number of nitrogens with zero attached hydrogens (tertiary/aromatic N) is 7. The van der Waals surface area contributed by atoms with Gasteiger partial charge in [-0.15, -0.1) is 5.34 Å². The molecule has 0 aromatic carbocycles. The average Bonchev–Trinajstić information content (AvgIpc) is 2.44. The number of rotatable bonds is 0. The number of hydrogen-bond acceptors (Lipinski definition) is 9. The zero-order chi connectivity index (χ0) is 14.7. The minimum absolute atomic E-state index is 0. The molecule has 0 saturated carbocycles. The number of nitriles is 6. The molecule has 0 saturated heterocycles. The molecular weight excluding hydrogens is 281 g/mol. The van der Waals surface area contributed by atoms with E-state index in [1.54, 1.807) is 0 Å². The molecule has 0 aromatic rings. The van der Waals surface area contributed by atoms with Crippen LogP contribution < -0.4 is 29.6 Å². The van der Waals surface area contributed by atoms with Crippen molar-refractivity contribution in [3.63, 3.8) is 0 Å². The fraction of sp³-hybridized carbons (Fsp3) is 0. The Kier molecular flexibility index (Phi) is 8620. The van der Waals surface area contributed by atoms with Crippen molar-refractivity contribution < 1.29 is 46.6 Å². The zero-order valence-corrected chi connectivity index (χ0v) is 11.9. The van der Waals surface area contributed by atoms with Crippen LogP contribution in [-0.4, -0.2) is 0 Å². The van der Waals surface area contributed by atoms with Crippen LogP contribution in [0.1, 0.15) is 0 Å². The van der Waals surface area contributed by atoms with E-state index in [4.69, 9.17) is 41.7 Å². The van der Waals surface area contributed by atoms with E-state index in [0.29, 0.717) is 0 Å². The molecule has 11 heteroatoms. The van der Waals surface area contributed by atoms with Crippen LogP contribution in [-0.2, 0) is 17.1 Å². The van der Waals surface area contributed by atoms with Gasteiger partial charge in [0.1, 0.15) is 0 Å². The first-order chi connectivity index (χ1) is 7.41. The van der Waals surface area contributed by atoms with Crippen LogP contribution in [0.15, 0.2) is 5.34 Å². The van der Waals surface area contributed by atoms with E-state index >= 15 is 0 Å². The predicted molar refractivity (Wildman–Crippen MR) is 49.2 cm³/mol. The summed E-state index contributed by atoms with van der Waals surface area (Å²) in [4.78, 5) is 8.00. The Morgan fingerprint density at radius 1 is 0.647 bits per heavy atom. The van der Waals surface area contributed by atoms with E-state index in [2.05, 4.69) is 39.4 Å². The van der Waals surface area contributed by atoms with Crippen LogP contribution in [0.4, 0.5) is 0 Å². The zero-order valence-electron chi connectivity index (χ0n) is 8.76. The van der Waals surface area contributed by atoms with Crippen LogP contribution in [0, 0.1) is 81.1 Å². The van der Waals surface area contributed by atoms with Crippen molar-refractivity contribution in [1.29, 1.82) is 31.6 Å². The van der Waals surface area contributed by atoms with Crippen LogP contribution in [0.2, 0.25) is 0 Å². The minimum Gasteiger partial charge on any atom is -0.444 e. The molecule has 17 heavy (non-hydrogen) atoms. The van der Waals surface area contributed by atoms with Crippen LogP contribution in [0.3, 0.4) is 0 Å². The second-order valence-corrected chi connectivity index (χ2v) is 0.0745. The summed E-state index contributed by atoms with van der Waals surface area (Å²) in [5, 5.41) is 48.0. The largest absolute Gasteiger partial charge is 1.00 e. The molecule has 9 nitrogen and oxygen atoms in total. The second-order valence-electron chi connectivity index (χ2n) is 0.0745. The summed E-state index contributed by atoms with van der Waals surface area (Å²) in [6.07, 6.45) is 0. The van der Waals surface area contributed by atoms with Gasteiger partial charge >= 0.3 is 29.6 Å². The topological polar surface area (TPSA) is 195 Å². The first kappa shape index (κ1) is 83.1. The molecule has 0 spiro atoms. The summed E-state index contributed by atoms with van der Waals surface area (Å²) in [6.45, 7) is 21.0. The molecule has 0 amide bonds. The monoisotopic (exact) mass is 287 g/mol. The molecule has 0 rings (SSSR count). The Labute approximate surface area is 132 Å². The Hall–Kier alpha value is -2.14. The second kappa shape index (κ2) is 1760. The van der Waals surface area contributed by atoms with Crippen molar-refractivity contribution in [2.45, 2.75) is 0 Å². The van der Waals surface area contributed by atoms with E-state index in [-0.39, 0.29) is 46.6 Å². The molecule has 0 fully saturated rings. The van der Waals surface area contributed by atoms with Gasteiger partial charge in [-0.05, 0) is 0 Å². The number of hydrogen-bond donors (Lipinski definition) is 0. The molecular formula is C6H6FeN7NaO2. The molecule has 0 unspecified atom stereocenters. The Balaban J connectivity index is -0.00000000620. The third-order valence-corrected chi connectivity index (χ3v) is 0. The molecule has 0 aromatic heterocycles. The Morgan fingerprint density at radius 3 is 0.647 bits per heavy atom. The maximum Gasteiger partial charge on any atom is 1.00 e. The van der Waals surface area contributed by atoms with Gasteiger partial charge in [-0.3, -0.25) is 0 Å². The summed E-state index contributed by atoms with van der Waals surface area (Å²) in [5.41, 5.74) is 0. The van der Waals surface area contributed by atoms with Gasteiger partial charge in [0.2, 0.25) is 0 Å². The van der Waals surface area contributed by atoms with E-state index in [0.717, 1.165) is 5.34 Å². The van der Waals surface area contributed by atoms with Gasteiger partial charge in [0.15, 0.2) is 0 Å². The third kappa shape index (κ3) is 425. The minimum atomic E-state index is 0. The molecule has 0 bridgehead atoms. The van der Waals surface area contributed by atoms with Crippen LogP contribution in [0.25, 0.3) is 0 Å². The van der Waals surface area contributed by atoms with E-state index in [1.165, 1.54) is 0 Å². The summed E-state index contributed by atoms with van der Waals surface area (Å²) in [5.74, 6) is 0. The summed E-state index contributed by atoms with van der Waals surface area (Å²) < 4.78 is 0. The fourth-order valence-electron chi connectivity index (χ4n) is 0. The van der Waals surface area contributed by atoms with Crippen molar-refractivity contribution in [2.24, 2.45) is 5.34 Å². The molecule has 0 N–H and O–H groups in total. The van der Waals surface area contributed by atoms with Gasteiger partial charge in [0, 0.05) is 56.5 Å². The fourth-order valence-corrected chi connectivity index (χ4v) is 0. The first-order valence-corrected chi connectivity index (χ1v) is 1.91. The molecule has 0 aliphatic heterocycles. The van der Waals surface area contributed by atoms with Crippen LogP contribution >= 0.6 is 0 Å². The summed E-state index contributed by atoms with van der Waals surface area (Å²) in [6, 6.07) is 0. The van der Waals surface area contributed by atoms with Crippen molar-refractivity contribution in [2.75, 3.05) is 0 Å². The van der Waals surface area contributed by atoms with Gasteiger partial charge in [-0.25, -0.2) is 31.6 Å². The smallest absolute Gasteiger partial charge is 0.444 e. The van der Waals surface area contributed by atoms with Gasteiger partial charge < -0.3 is 10.1 Å². The molecule has 86 valence electrons. The van der Waals surface area contributed by atoms with Gasteiger partial charge in [-0.1, -0.05) is 0 Å². The third-order valence-electron chi connectivity index (χ3n) is 0. The molecule has 0 radical (unpaired) electrons. The van der Waals surface area contributed by atoms with E-state index in [1.807, 2.05) is 0 Å². The molecule has 0 aliphatic rings. The van der Waals surface area contributed by atoms with E-state index < -0.39 is 0 Å². The van der Waals surface area contributed by atoms with Crippen molar-refractivity contribution in [3.8, 4) is 39.4 Å².